The molecule has 0 spiro atoms. The van der Waals surface area contributed by atoms with Crippen LogP contribution in [-0.2, 0) is 4.79 Å². The van der Waals surface area contributed by atoms with Gasteiger partial charge in [0.05, 0.1) is 6.04 Å². The molecule has 0 bridgehead atoms. The van der Waals surface area contributed by atoms with Crippen LogP contribution < -0.4 is 14.8 Å². The Hall–Kier alpha value is -2.90. The number of amides is 1. The number of unbranched alkanes of at least 4 members (excludes halogenated alkanes) is 2. The van der Waals surface area contributed by atoms with Crippen molar-refractivity contribution in [3.05, 3.63) is 59.7 Å². The number of benzene rings is 2. The summed E-state index contributed by atoms with van der Waals surface area (Å²) in [7, 11) is 0. The first-order valence-electron chi connectivity index (χ1n) is 12.8. The number of hydrogen-bond acceptors (Lipinski definition) is 6. The molecule has 188 valence electrons. The molecule has 2 atom stereocenters. The number of hydrogen-bond donors (Lipinski definition) is 2. The Morgan fingerprint density at radius 1 is 0.914 bits per heavy atom. The van der Waals surface area contributed by atoms with Gasteiger partial charge in [0.1, 0.15) is 19.3 Å². The molecule has 2 aromatic carbocycles. The van der Waals surface area contributed by atoms with Gasteiger partial charge in [0.2, 0.25) is 5.91 Å². The number of nitrogens with zero attached hydrogens (tertiary/aromatic N) is 1. The van der Waals surface area contributed by atoms with E-state index in [9.17, 15) is 14.7 Å². The smallest absolute Gasteiger partial charge is 0.220 e. The molecular formula is C28H36N2O5. The Labute approximate surface area is 207 Å². The first kappa shape index (κ1) is 25.2. The van der Waals surface area contributed by atoms with Crippen molar-refractivity contribution in [2.75, 3.05) is 32.8 Å². The van der Waals surface area contributed by atoms with Gasteiger partial charge in [-0.05, 0) is 56.5 Å². The Kier molecular flexibility index (Phi) is 9.15. The molecule has 7 heteroatoms. The van der Waals surface area contributed by atoms with Gasteiger partial charge in [0, 0.05) is 24.9 Å². The van der Waals surface area contributed by atoms with E-state index >= 15 is 0 Å². The van der Waals surface area contributed by atoms with E-state index in [-0.39, 0.29) is 11.7 Å². The molecule has 1 fully saturated rings. The number of nitrogens with one attached hydrogen (secondary N) is 1. The molecule has 2 heterocycles. The second-order valence-electron chi connectivity index (χ2n) is 9.38. The monoisotopic (exact) mass is 480 g/mol. The summed E-state index contributed by atoms with van der Waals surface area (Å²) >= 11 is 0. The van der Waals surface area contributed by atoms with Crippen LogP contribution in [0.4, 0.5) is 0 Å². The van der Waals surface area contributed by atoms with Crippen LogP contribution in [0.1, 0.15) is 67.0 Å². The highest BCUT2D eigenvalue weighted by Crippen LogP contribution is 2.33. The molecular weight excluding hydrogens is 444 g/mol. The zero-order valence-corrected chi connectivity index (χ0v) is 20.3. The van der Waals surface area contributed by atoms with Gasteiger partial charge in [-0.25, -0.2) is 0 Å². The molecule has 4 rings (SSSR count). The summed E-state index contributed by atoms with van der Waals surface area (Å²) in [5.74, 6) is 1.38. The lowest BCUT2D eigenvalue weighted by Gasteiger charge is -2.29. The van der Waals surface area contributed by atoms with Crippen LogP contribution in [0.25, 0.3) is 0 Å². The fourth-order valence-corrected chi connectivity index (χ4v) is 4.74. The molecule has 0 aliphatic carbocycles. The number of rotatable bonds is 12. The molecule has 2 aromatic rings. The molecule has 7 nitrogen and oxygen atoms in total. The van der Waals surface area contributed by atoms with Crippen LogP contribution in [0.15, 0.2) is 48.5 Å². The number of carbonyl (C=O) groups is 2. The summed E-state index contributed by atoms with van der Waals surface area (Å²) < 4.78 is 11.3. The van der Waals surface area contributed by atoms with E-state index in [0.29, 0.717) is 56.1 Å². The van der Waals surface area contributed by atoms with Crippen molar-refractivity contribution in [1.82, 2.24) is 10.2 Å². The highest BCUT2D eigenvalue weighted by molar-refractivity contribution is 5.95. The normalized spacial score (nSPS) is 17.1. The van der Waals surface area contributed by atoms with Crippen LogP contribution in [0, 0.1) is 0 Å². The van der Waals surface area contributed by atoms with Crippen molar-refractivity contribution in [1.29, 1.82) is 0 Å². The van der Waals surface area contributed by atoms with Crippen LogP contribution in [-0.4, -0.2) is 60.6 Å². The summed E-state index contributed by atoms with van der Waals surface area (Å²) in [5.41, 5.74) is 1.45. The zero-order chi connectivity index (χ0) is 24.5. The summed E-state index contributed by atoms with van der Waals surface area (Å²) in [4.78, 5) is 27.3. The molecule has 35 heavy (non-hydrogen) atoms. The molecule has 0 aromatic heterocycles. The number of carbonyl (C=O) groups excluding carboxylic acids is 2. The molecule has 2 unspecified atom stereocenters. The predicted molar refractivity (Wildman–Crippen MR) is 134 cm³/mol. The lowest BCUT2D eigenvalue weighted by Crippen LogP contribution is -2.46. The van der Waals surface area contributed by atoms with Gasteiger partial charge in [0.15, 0.2) is 17.3 Å². The first-order valence-corrected chi connectivity index (χ1v) is 12.8. The fourth-order valence-electron chi connectivity index (χ4n) is 4.74. The number of aliphatic hydroxyl groups excluding tert-OH is 1. The third kappa shape index (κ3) is 7.29. The number of Topliss-reactive ketones (excluding diaryl/α,β-unsaturated/α-hetero) is 1. The van der Waals surface area contributed by atoms with Crippen molar-refractivity contribution in [3.8, 4) is 11.5 Å². The second kappa shape index (κ2) is 12.7. The van der Waals surface area contributed by atoms with E-state index < -0.39 is 12.1 Å². The van der Waals surface area contributed by atoms with Gasteiger partial charge in [0.25, 0.3) is 0 Å². The Balaban J connectivity index is 1.28. The largest absolute Gasteiger partial charge is 0.486 e. The van der Waals surface area contributed by atoms with E-state index in [1.807, 2.05) is 48.5 Å². The molecule has 1 saturated heterocycles. The minimum Gasteiger partial charge on any atom is -0.486 e. The van der Waals surface area contributed by atoms with Gasteiger partial charge >= 0.3 is 0 Å². The van der Waals surface area contributed by atoms with Gasteiger partial charge in [-0.3, -0.25) is 9.59 Å². The number of aliphatic hydroxyl groups is 1. The topological polar surface area (TPSA) is 88.1 Å². The van der Waals surface area contributed by atoms with Crippen LogP contribution in [0.3, 0.4) is 0 Å². The lowest BCUT2D eigenvalue weighted by molar-refractivity contribution is -0.123. The Morgan fingerprint density at radius 2 is 1.63 bits per heavy atom. The molecule has 1 amide bonds. The van der Waals surface area contributed by atoms with E-state index in [1.165, 1.54) is 0 Å². The van der Waals surface area contributed by atoms with E-state index in [4.69, 9.17) is 9.47 Å². The Morgan fingerprint density at radius 3 is 2.40 bits per heavy atom. The van der Waals surface area contributed by atoms with E-state index in [2.05, 4.69) is 10.2 Å². The average Bonchev–Trinajstić information content (AvgIpc) is 3.41. The minimum atomic E-state index is -0.848. The molecule has 0 radical (unpaired) electrons. The summed E-state index contributed by atoms with van der Waals surface area (Å²) in [6.07, 6.45) is 4.59. The predicted octanol–water partition coefficient (Wildman–Crippen LogP) is 3.91. The van der Waals surface area contributed by atoms with Crippen molar-refractivity contribution in [2.24, 2.45) is 0 Å². The highest BCUT2D eigenvalue weighted by atomic mass is 16.6. The van der Waals surface area contributed by atoms with Crippen molar-refractivity contribution >= 4 is 11.7 Å². The van der Waals surface area contributed by atoms with Crippen molar-refractivity contribution in [2.45, 2.75) is 57.1 Å². The lowest BCUT2D eigenvalue weighted by atomic mass is 10.00. The zero-order valence-electron chi connectivity index (χ0n) is 20.3. The fraction of sp³-hybridized carbons (Fsp3) is 0.500. The third-order valence-electron chi connectivity index (χ3n) is 6.69. The summed E-state index contributed by atoms with van der Waals surface area (Å²) in [6, 6.07) is 14.4. The van der Waals surface area contributed by atoms with Crippen molar-refractivity contribution in [3.63, 3.8) is 0 Å². The van der Waals surface area contributed by atoms with E-state index in [1.54, 1.807) is 0 Å². The summed E-state index contributed by atoms with van der Waals surface area (Å²) in [5, 5.41) is 14.3. The van der Waals surface area contributed by atoms with Crippen LogP contribution >= 0.6 is 0 Å². The maximum absolute atomic E-state index is 12.8. The molecule has 2 aliphatic rings. The van der Waals surface area contributed by atoms with Gasteiger partial charge < -0.3 is 24.8 Å². The number of ether oxygens (including phenoxy) is 2. The van der Waals surface area contributed by atoms with Crippen LogP contribution in [0.2, 0.25) is 0 Å². The number of fused-ring (bicyclic) bond motifs is 1. The van der Waals surface area contributed by atoms with Gasteiger partial charge in [-0.15, -0.1) is 0 Å². The average molecular weight is 481 g/mol. The maximum Gasteiger partial charge on any atom is 0.220 e. The first-order chi connectivity index (χ1) is 17.1. The van der Waals surface area contributed by atoms with Gasteiger partial charge in [-0.2, -0.15) is 0 Å². The SMILES string of the molecule is O=C(CCCCCC(=O)c1ccccc1)NC(CN1CCCC1)C(O)c1ccc2c(c1)OCCO2. The van der Waals surface area contributed by atoms with Gasteiger partial charge in [-0.1, -0.05) is 42.8 Å². The number of likely N-dealkylation sites (tertiary alicyclic amines) is 1. The second-order valence-corrected chi connectivity index (χ2v) is 9.38. The minimum absolute atomic E-state index is 0.0693. The maximum atomic E-state index is 12.8. The van der Waals surface area contributed by atoms with E-state index in [0.717, 1.165) is 44.3 Å². The molecule has 0 saturated carbocycles. The van der Waals surface area contributed by atoms with Crippen LogP contribution in [0.5, 0.6) is 11.5 Å². The number of ketones is 1. The standard InChI is InChI=1S/C28H36N2O5/c31-24(21-9-3-1-4-10-21)11-5-2-6-12-27(32)29-23(20-30-15-7-8-16-30)28(33)22-13-14-25-26(19-22)35-18-17-34-25/h1,3-4,9-10,13-14,19,23,28,33H,2,5-8,11-12,15-18,20H2,(H,29,32). The quantitative estimate of drug-likeness (QED) is 0.354. The highest BCUT2D eigenvalue weighted by Gasteiger charge is 2.27. The molecule has 2 N–H and O–H groups in total. The third-order valence-corrected chi connectivity index (χ3v) is 6.69. The summed E-state index contributed by atoms with van der Waals surface area (Å²) in [6.45, 7) is 3.57. The molecule has 2 aliphatic heterocycles. The van der Waals surface area contributed by atoms with Crippen molar-refractivity contribution < 1.29 is 24.2 Å². The Bertz CT molecular complexity index is 975.